The van der Waals surface area contributed by atoms with Crippen LogP contribution in [0.1, 0.15) is 57.0 Å². The van der Waals surface area contributed by atoms with E-state index in [4.69, 9.17) is 24.7 Å². The molecule has 2 aromatic carbocycles. The van der Waals surface area contributed by atoms with Gasteiger partial charge in [0.25, 0.3) is 0 Å². The fourth-order valence-corrected chi connectivity index (χ4v) is 3.45. The monoisotopic (exact) mass is 513 g/mol. The van der Waals surface area contributed by atoms with Gasteiger partial charge in [-0.1, -0.05) is 52.0 Å². The predicted molar refractivity (Wildman–Crippen MR) is 136 cm³/mol. The first-order valence-electron chi connectivity index (χ1n) is 12.1. The molecule has 0 fully saturated rings. The molecule has 0 saturated carbocycles. The molecule has 0 amide bonds. The Kier molecular flexibility index (Phi) is 10.4. The third-order valence-corrected chi connectivity index (χ3v) is 5.45. The van der Waals surface area contributed by atoms with Crippen LogP contribution in [0.15, 0.2) is 48.5 Å². The summed E-state index contributed by atoms with van der Waals surface area (Å²) in [6.45, 7) is 8.34. The van der Waals surface area contributed by atoms with Gasteiger partial charge >= 0.3 is 23.9 Å². The Morgan fingerprint density at radius 3 is 1.95 bits per heavy atom. The van der Waals surface area contributed by atoms with Gasteiger partial charge in [-0.25, -0.2) is 4.79 Å². The highest BCUT2D eigenvalue weighted by Gasteiger charge is 2.38. The van der Waals surface area contributed by atoms with Crippen LogP contribution in [0, 0.1) is 11.8 Å². The van der Waals surface area contributed by atoms with E-state index >= 15 is 0 Å². The maximum absolute atomic E-state index is 12.7. The molecule has 0 saturated heterocycles. The van der Waals surface area contributed by atoms with Crippen molar-refractivity contribution >= 4 is 23.9 Å². The summed E-state index contributed by atoms with van der Waals surface area (Å²) in [6, 6.07) is 13.1. The molecule has 9 nitrogen and oxygen atoms in total. The van der Waals surface area contributed by atoms with Crippen molar-refractivity contribution in [3.8, 4) is 11.5 Å². The molecule has 2 atom stereocenters. The van der Waals surface area contributed by atoms with Crippen molar-refractivity contribution in [2.75, 3.05) is 7.11 Å². The zero-order chi connectivity index (χ0) is 27.8. The first-order chi connectivity index (χ1) is 17.4. The average molecular weight is 514 g/mol. The van der Waals surface area contributed by atoms with E-state index < -0.39 is 47.4 Å². The fourth-order valence-electron chi connectivity index (χ4n) is 3.45. The van der Waals surface area contributed by atoms with E-state index in [2.05, 4.69) is 0 Å². The molecule has 9 heteroatoms. The zero-order valence-corrected chi connectivity index (χ0v) is 22.1. The van der Waals surface area contributed by atoms with E-state index in [1.807, 2.05) is 0 Å². The van der Waals surface area contributed by atoms with Crippen molar-refractivity contribution in [2.24, 2.45) is 17.6 Å². The molecule has 0 spiro atoms. The quantitative estimate of drug-likeness (QED) is 0.351. The fraction of sp³-hybridized carbons (Fsp3) is 0.429. The van der Waals surface area contributed by atoms with Crippen LogP contribution >= 0.6 is 0 Å². The zero-order valence-electron chi connectivity index (χ0n) is 22.1. The third-order valence-electron chi connectivity index (χ3n) is 5.45. The van der Waals surface area contributed by atoms with Crippen LogP contribution in [0.2, 0.25) is 0 Å². The Morgan fingerprint density at radius 2 is 1.41 bits per heavy atom. The SMILES string of the molecule is COC(=O)C(N)(Cc1ccc(OC(=O)C(C)C)c(OC(=O)C(C)C)c1)C[C@H](C)OC(=O)c1ccccc1. The van der Waals surface area contributed by atoms with Gasteiger partial charge in [-0.3, -0.25) is 14.4 Å². The molecule has 2 aromatic rings. The van der Waals surface area contributed by atoms with Crippen LogP contribution in [0.3, 0.4) is 0 Å². The van der Waals surface area contributed by atoms with E-state index in [1.54, 1.807) is 71.0 Å². The van der Waals surface area contributed by atoms with Crippen LogP contribution in [-0.4, -0.2) is 42.6 Å². The molecule has 0 aromatic heterocycles. The lowest BCUT2D eigenvalue weighted by Crippen LogP contribution is -2.53. The van der Waals surface area contributed by atoms with Gasteiger partial charge in [0.1, 0.15) is 11.6 Å². The van der Waals surface area contributed by atoms with E-state index in [1.165, 1.54) is 19.2 Å². The summed E-state index contributed by atoms with van der Waals surface area (Å²) in [5.41, 5.74) is 5.82. The largest absolute Gasteiger partial charge is 0.468 e. The highest BCUT2D eigenvalue weighted by atomic mass is 16.6. The second kappa shape index (κ2) is 13.0. The lowest BCUT2D eigenvalue weighted by Gasteiger charge is -2.29. The Morgan fingerprint density at radius 1 is 0.838 bits per heavy atom. The van der Waals surface area contributed by atoms with Crippen molar-refractivity contribution < 1.29 is 38.1 Å². The Bertz CT molecular complexity index is 1110. The topological polar surface area (TPSA) is 131 Å². The van der Waals surface area contributed by atoms with Crippen molar-refractivity contribution in [3.05, 3.63) is 59.7 Å². The first-order valence-corrected chi connectivity index (χ1v) is 12.1. The maximum atomic E-state index is 12.7. The van der Waals surface area contributed by atoms with Gasteiger partial charge in [-0.2, -0.15) is 0 Å². The normalized spacial score (nSPS) is 13.4. The van der Waals surface area contributed by atoms with Gasteiger partial charge < -0.3 is 24.7 Å². The minimum absolute atomic E-state index is 0.0287. The number of nitrogens with two attached hydrogens (primary N) is 1. The van der Waals surface area contributed by atoms with Crippen molar-refractivity contribution in [1.29, 1.82) is 0 Å². The molecular weight excluding hydrogens is 478 g/mol. The highest BCUT2D eigenvalue weighted by Crippen LogP contribution is 2.32. The van der Waals surface area contributed by atoms with Gasteiger partial charge in [-0.15, -0.1) is 0 Å². The molecule has 1 unspecified atom stereocenters. The molecule has 37 heavy (non-hydrogen) atoms. The van der Waals surface area contributed by atoms with E-state index in [9.17, 15) is 19.2 Å². The van der Waals surface area contributed by atoms with Crippen molar-refractivity contribution in [3.63, 3.8) is 0 Å². The number of carbonyl (C=O) groups excluding carboxylic acids is 4. The molecule has 0 bridgehead atoms. The smallest absolute Gasteiger partial charge is 0.338 e. The Labute approximate surface area is 217 Å². The molecule has 0 radical (unpaired) electrons. The van der Waals surface area contributed by atoms with Crippen molar-refractivity contribution in [2.45, 2.75) is 59.1 Å². The molecule has 2 N–H and O–H groups in total. The molecule has 0 aliphatic heterocycles. The van der Waals surface area contributed by atoms with Gasteiger partial charge in [0, 0.05) is 12.8 Å². The summed E-state index contributed by atoms with van der Waals surface area (Å²) in [6.07, 6.45) is -0.789. The predicted octanol–water partition coefficient (Wildman–Crippen LogP) is 3.86. The van der Waals surface area contributed by atoms with E-state index in [-0.39, 0.29) is 24.3 Å². The van der Waals surface area contributed by atoms with Crippen molar-refractivity contribution in [1.82, 2.24) is 0 Å². The van der Waals surface area contributed by atoms with Gasteiger partial charge in [-0.05, 0) is 36.8 Å². The number of hydrogen-bond acceptors (Lipinski definition) is 9. The number of esters is 4. The van der Waals surface area contributed by atoms with Crippen LogP contribution < -0.4 is 15.2 Å². The minimum Gasteiger partial charge on any atom is -0.468 e. The molecule has 0 aliphatic rings. The molecular formula is C28H35NO8. The molecule has 200 valence electrons. The summed E-state index contributed by atoms with van der Waals surface area (Å²) >= 11 is 0. The van der Waals surface area contributed by atoms with Crippen LogP contribution in [0.4, 0.5) is 0 Å². The number of methoxy groups -OCH3 is 1. The Hall–Kier alpha value is -3.72. The van der Waals surface area contributed by atoms with Crippen LogP contribution in [0.5, 0.6) is 11.5 Å². The van der Waals surface area contributed by atoms with Gasteiger partial charge in [0.05, 0.1) is 24.5 Å². The lowest BCUT2D eigenvalue weighted by atomic mass is 9.86. The number of benzene rings is 2. The third kappa shape index (κ3) is 8.42. The summed E-state index contributed by atoms with van der Waals surface area (Å²) in [5.74, 6) is -2.99. The summed E-state index contributed by atoms with van der Waals surface area (Å²) in [4.78, 5) is 49.6. The van der Waals surface area contributed by atoms with Crippen LogP contribution in [-0.2, 0) is 30.3 Å². The number of hydrogen-bond donors (Lipinski definition) is 1. The summed E-state index contributed by atoms with van der Waals surface area (Å²) < 4.78 is 21.3. The van der Waals surface area contributed by atoms with Gasteiger partial charge in [0.2, 0.25) is 0 Å². The first kappa shape index (κ1) is 29.5. The number of rotatable bonds is 11. The molecule has 0 heterocycles. The van der Waals surface area contributed by atoms with E-state index in [0.29, 0.717) is 11.1 Å². The number of ether oxygens (including phenoxy) is 4. The molecule has 0 aliphatic carbocycles. The number of carbonyl (C=O) groups is 4. The molecule has 2 rings (SSSR count). The average Bonchev–Trinajstić information content (AvgIpc) is 2.85. The lowest BCUT2D eigenvalue weighted by molar-refractivity contribution is -0.148. The second-order valence-electron chi connectivity index (χ2n) is 9.54. The van der Waals surface area contributed by atoms with E-state index in [0.717, 1.165) is 0 Å². The van der Waals surface area contributed by atoms with Crippen LogP contribution in [0.25, 0.3) is 0 Å². The summed E-state index contributed by atoms with van der Waals surface area (Å²) in [5, 5.41) is 0. The maximum Gasteiger partial charge on any atom is 0.338 e. The van der Waals surface area contributed by atoms with Gasteiger partial charge in [0.15, 0.2) is 11.5 Å². The standard InChI is InChI=1S/C28H35NO8/c1-17(2)24(30)36-22-13-12-20(14-23(22)37-25(31)18(3)4)16-28(29,27(33)34-6)15-19(5)35-26(32)21-10-8-7-9-11-21/h7-14,17-19H,15-16,29H2,1-6H3/t19-,28?/m0/s1. The summed E-state index contributed by atoms with van der Waals surface area (Å²) in [7, 11) is 1.22. The minimum atomic E-state index is -1.57. The Balaban J connectivity index is 2.31. The highest BCUT2D eigenvalue weighted by molar-refractivity contribution is 5.89. The second-order valence-corrected chi connectivity index (χ2v) is 9.54.